The van der Waals surface area contributed by atoms with Crippen LogP contribution in [-0.4, -0.2) is 42.8 Å². The Balaban J connectivity index is 1.97. The Labute approximate surface area is 126 Å². The predicted octanol–water partition coefficient (Wildman–Crippen LogP) is 2.64. The number of rotatable bonds is 4. The summed E-state index contributed by atoms with van der Waals surface area (Å²) in [6, 6.07) is 9.15. The fourth-order valence-corrected chi connectivity index (χ4v) is 3.23. The Morgan fingerprint density at radius 2 is 1.95 bits per heavy atom. The van der Waals surface area contributed by atoms with Gasteiger partial charge in [0, 0.05) is 55.4 Å². The number of piperazine rings is 1. The van der Waals surface area contributed by atoms with Gasteiger partial charge in [-0.2, -0.15) is 0 Å². The molecule has 1 aromatic carbocycles. The van der Waals surface area contributed by atoms with E-state index < -0.39 is 0 Å². The van der Waals surface area contributed by atoms with Gasteiger partial charge in [-0.25, -0.2) is 0 Å². The molecule has 1 aliphatic rings. The number of nitrogens with one attached hydrogen (secondary N) is 1. The number of hydrogen-bond donors (Lipinski definition) is 1. The SMILES string of the molecule is COc1ccc2c(c1)cc(CN1CCNCC1)n2C(C)C. The van der Waals surface area contributed by atoms with Crippen molar-refractivity contribution in [3.63, 3.8) is 0 Å². The van der Waals surface area contributed by atoms with Crippen LogP contribution >= 0.6 is 0 Å². The monoisotopic (exact) mass is 287 g/mol. The lowest BCUT2D eigenvalue weighted by Gasteiger charge is -2.28. The predicted molar refractivity (Wildman–Crippen MR) is 87.0 cm³/mol. The minimum absolute atomic E-state index is 0.466. The molecule has 4 nitrogen and oxygen atoms in total. The van der Waals surface area contributed by atoms with Crippen molar-refractivity contribution in [2.24, 2.45) is 0 Å². The van der Waals surface area contributed by atoms with Gasteiger partial charge in [0.15, 0.2) is 0 Å². The van der Waals surface area contributed by atoms with Crippen molar-refractivity contribution in [3.05, 3.63) is 30.0 Å². The number of fused-ring (bicyclic) bond motifs is 1. The summed E-state index contributed by atoms with van der Waals surface area (Å²) in [4.78, 5) is 2.53. The van der Waals surface area contributed by atoms with Crippen molar-refractivity contribution in [3.8, 4) is 5.75 Å². The number of nitrogens with zero attached hydrogens (tertiary/aromatic N) is 2. The van der Waals surface area contributed by atoms with E-state index in [1.54, 1.807) is 7.11 Å². The van der Waals surface area contributed by atoms with Crippen molar-refractivity contribution >= 4 is 10.9 Å². The van der Waals surface area contributed by atoms with Crippen LogP contribution in [0.3, 0.4) is 0 Å². The highest BCUT2D eigenvalue weighted by molar-refractivity contribution is 5.83. The van der Waals surface area contributed by atoms with Crippen LogP contribution < -0.4 is 10.1 Å². The third-order valence-electron chi connectivity index (χ3n) is 4.24. The van der Waals surface area contributed by atoms with E-state index in [0.29, 0.717) is 6.04 Å². The number of aromatic nitrogens is 1. The van der Waals surface area contributed by atoms with Gasteiger partial charge < -0.3 is 14.6 Å². The van der Waals surface area contributed by atoms with E-state index in [1.165, 1.54) is 16.6 Å². The van der Waals surface area contributed by atoms with Crippen LogP contribution in [-0.2, 0) is 6.54 Å². The third-order valence-corrected chi connectivity index (χ3v) is 4.24. The molecular formula is C17H25N3O. The Hall–Kier alpha value is -1.52. The average molecular weight is 287 g/mol. The minimum atomic E-state index is 0.466. The highest BCUT2D eigenvalue weighted by Gasteiger charge is 2.16. The maximum atomic E-state index is 5.35. The topological polar surface area (TPSA) is 29.4 Å². The first-order valence-electron chi connectivity index (χ1n) is 7.80. The van der Waals surface area contributed by atoms with E-state index >= 15 is 0 Å². The molecule has 1 saturated heterocycles. The van der Waals surface area contributed by atoms with Gasteiger partial charge in [0.2, 0.25) is 0 Å². The lowest BCUT2D eigenvalue weighted by Crippen LogP contribution is -2.43. The van der Waals surface area contributed by atoms with E-state index in [9.17, 15) is 0 Å². The second kappa shape index (κ2) is 6.08. The summed E-state index contributed by atoms with van der Waals surface area (Å²) in [5, 5.41) is 4.69. The number of hydrogen-bond acceptors (Lipinski definition) is 3. The first kappa shape index (κ1) is 14.4. The lowest BCUT2D eigenvalue weighted by molar-refractivity contribution is 0.227. The maximum absolute atomic E-state index is 5.35. The minimum Gasteiger partial charge on any atom is -0.497 e. The zero-order chi connectivity index (χ0) is 14.8. The largest absolute Gasteiger partial charge is 0.497 e. The maximum Gasteiger partial charge on any atom is 0.119 e. The first-order valence-corrected chi connectivity index (χ1v) is 7.80. The van der Waals surface area contributed by atoms with Gasteiger partial charge >= 0.3 is 0 Å². The molecule has 4 heteroatoms. The van der Waals surface area contributed by atoms with Crippen molar-refractivity contribution < 1.29 is 4.74 Å². The van der Waals surface area contributed by atoms with Crippen LogP contribution in [0, 0.1) is 0 Å². The Morgan fingerprint density at radius 1 is 1.19 bits per heavy atom. The Kier molecular flexibility index (Phi) is 4.17. The summed E-state index contributed by atoms with van der Waals surface area (Å²) in [5.41, 5.74) is 2.70. The van der Waals surface area contributed by atoms with E-state index in [-0.39, 0.29) is 0 Å². The van der Waals surface area contributed by atoms with Gasteiger partial charge in [0.05, 0.1) is 7.11 Å². The van der Waals surface area contributed by atoms with Crippen molar-refractivity contribution in [2.75, 3.05) is 33.3 Å². The molecule has 0 unspecified atom stereocenters. The smallest absolute Gasteiger partial charge is 0.119 e. The fraction of sp³-hybridized carbons (Fsp3) is 0.529. The van der Waals surface area contributed by atoms with Gasteiger partial charge in [-0.3, -0.25) is 4.90 Å². The molecule has 1 aromatic heterocycles. The molecule has 0 spiro atoms. The second-order valence-electron chi connectivity index (χ2n) is 6.05. The molecule has 1 fully saturated rings. The van der Waals surface area contributed by atoms with E-state index in [1.807, 2.05) is 0 Å². The van der Waals surface area contributed by atoms with E-state index in [4.69, 9.17) is 4.74 Å². The van der Waals surface area contributed by atoms with Crippen LogP contribution in [0.5, 0.6) is 5.75 Å². The van der Waals surface area contributed by atoms with Crippen molar-refractivity contribution in [1.82, 2.24) is 14.8 Å². The first-order chi connectivity index (χ1) is 10.2. The van der Waals surface area contributed by atoms with Gasteiger partial charge in [-0.05, 0) is 38.1 Å². The molecule has 0 amide bonds. The molecule has 1 aliphatic heterocycles. The molecule has 0 atom stereocenters. The van der Waals surface area contributed by atoms with Crippen LogP contribution in [0.25, 0.3) is 10.9 Å². The van der Waals surface area contributed by atoms with Gasteiger partial charge in [-0.15, -0.1) is 0 Å². The molecule has 2 aromatic rings. The van der Waals surface area contributed by atoms with Crippen LogP contribution in [0.1, 0.15) is 25.6 Å². The fourth-order valence-electron chi connectivity index (χ4n) is 3.23. The van der Waals surface area contributed by atoms with Crippen LogP contribution in [0.15, 0.2) is 24.3 Å². The number of ether oxygens (including phenoxy) is 1. The standard InChI is InChI=1S/C17H25N3O/c1-13(2)20-15(12-19-8-6-18-7-9-19)10-14-11-16(21-3)4-5-17(14)20/h4-5,10-11,13,18H,6-9,12H2,1-3H3. The summed E-state index contributed by atoms with van der Waals surface area (Å²) in [5.74, 6) is 0.928. The quantitative estimate of drug-likeness (QED) is 0.937. The van der Waals surface area contributed by atoms with Crippen molar-refractivity contribution in [2.45, 2.75) is 26.4 Å². The highest BCUT2D eigenvalue weighted by Crippen LogP contribution is 2.28. The normalized spacial score (nSPS) is 16.8. The van der Waals surface area contributed by atoms with Gasteiger partial charge in [0.1, 0.15) is 5.75 Å². The molecule has 2 heterocycles. The molecule has 0 bridgehead atoms. The molecule has 0 aliphatic carbocycles. The molecule has 0 radical (unpaired) electrons. The molecule has 21 heavy (non-hydrogen) atoms. The van der Waals surface area contributed by atoms with E-state index in [0.717, 1.165) is 38.5 Å². The zero-order valence-electron chi connectivity index (χ0n) is 13.2. The van der Waals surface area contributed by atoms with Gasteiger partial charge in [0.25, 0.3) is 0 Å². The Bertz CT molecular complexity index is 612. The molecule has 114 valence electrons. The number of benzene rings is 1. The molecular weight excluding hydrogens is 262 g/mol. The van der Waals surface area contributed by atoms with Crippen LogP contribution in [0.2, 0.25) is 0 Å². The zero-order valence-corrected chi connectivity index (χ0v) is 13.2. The summed E-state index contributed by atoms with van der Waals surface area (Å²) >= 11 is 0. The molecule has 0 saturated carbocycles. The summed E-state index contributed by atoms with van der Waals surface area (Å²) < 4.78 is 7.81. The average Bonchev–Trinajstić information content (AvgIpc) is 2.85. The Morgan fingerprint density at radius 3 is 2.62 bits per heavy atom. The van der Waals surface area contributed by atoms with Crippen LogP contribution in [0.4, 0.5) is 0 Å². The summed E-state index contributed by atoms with van der Waals surface area (Å²) in [6.07, 6.45) is 0. The van der Waals surface area contributed by atoms with Crippen molar-refractivity contribution in [1.29, 1.82) is 0 Å². The lowest BCUT2D eigenvalue weighted by atomic mass is 10.2. The van der Waals surface area contributed by atoms with Gasteiger partial charge in [-0.1, -0.05) is 0 Å². The number of methoxy groups -OCH3 is 1. The highest BCUT2D eigenvalue weighted by atomic mass is 16.5. The third kappa shape index (κ3) is 2.92. The molecule has 3 rings (SSSR count). The van der Waals surface area contributed by atoms with E-state index in [2.05, 4.69) is 52.9 Å². The summed E-state index contributed by atoms with van der Waals surface area (Å²) in [7, 11) is 1.72. The second-order valence-corrected chi connectivity index (χ2v) is 6.05. The summed E-state index contributed by atoms with van der Waals surface area (Å²) in [6.45, 7) is 9.98. The molecule has 1 N–H and O–H groups in total.